The van der Waals surface area contributed by atoms with Gasteiger partial charge in [0.1, 0.15) is 19.3 Å². The first-order valence-corrected chi connectivity index (χ1v) is 41.8. The topological polar surface area (TPSA) is 237 Å². The summed E-state index contributed by atoms with van der Waals surface area (Å²) in [5.74, 6) is 0.144. The number of ether oxygens (including phenoxy) is 4. The van der Waals surface area contributed by atoms with E-state index in [2.05, 4.69) is 48.5 Å². The lowest BCUT2D eigenvalue weighted by Gasteiger charge is -2.21. The Morgan fingerprint density at radius 3 is 0.723 bits per heavy atom. The van der Waals surface area contributed by atoms with E-state index < -0.39 is 97.5 Å². The first-order valence-electron chi connectivity index (χ1n) is 38.8. The van der Waals surface area contributed by atoms with E-state index in [1.807, 2.05) is 0 Å². The summed E-state index contributed by atoms with van der Waals surface area (Å²) in [4.78, 5) is 72.7. The number of rotatable bonds is 73. The fourth-order valence-corrected chi connectivity index (χ4v) is 13.0. The number of esters is 4. The summed E-state index contributed by atoms with van der Waals surface area (Å²) in [5, 5.41) is 10.6. The highest BCUT2D eigenvalue weighted by Crippen LogP contribution is 2.45. The van der Waals surface area contributed by atoms with Gasteiger partial charge in [-0.1, -0.05) is 331 Å². The van der Waals surface area contributed by atoms with Crippen LogP contribution in [0.2, 0.25) is 0 Å². The van der Waals surface area contributed by atoms with Crippen LogP contribution in [0.5, 0.6) is 0 Å². The lowest BCUT2D eigenvalue weighted by atomic mass is 10.0. The summed E-state index contributed by atoms with van der Waals surface area (Å²) in [6, 6.07) is 0. The van der Waals surface area contributed by atoms with Gasteiger partial charge in [-0.25, -0.2) is 9.13 Å². The molecule has 94 heavy (non-hydrogen) atoms. The SMILES string of the molecule is CCCCCCCCCCCCCCC(=O)O[C@H](COC(=O)CCCCCCCCC(C)C)COP(=O)(O)OC[C@H](O)COP(=O)(O)OC[C@@H](COC(=O)CCCCCCCCCCCCCCC(C)C)OC(=O)CCCCCCCCCCCCCCCCCC(C)C. The number of carbonyl (C=O) groups excluding carboxylic acids is 4. The molecular formula is C75H146O17P2. The average Bonchev–Trinajstić information content (AvgIpc) is 1.36. The summed E-state index contributed by atoms with van der Waals surface area (Å²) < 4.78 is 68.4. The molecule has 558 valence electrons. The molecule has 19 heteroatoms. The predicted octanol–water partition coefficient (Wildman–Crippen LogP) is 21.8. The van der Waals surface area contributed by atoms with Gasteiger partial charge in [-0.3, -0.25) is 37.3 Å². The van der Waals surface area contributed by atoms with Crippen LogP contribution in [0.15, 0.2) is 0 Å². The standard InChI is InChI=1S/C75H146O17P2/c1-8-9-10-11-12-13-14-24-30-35-44-51-58-74(79)92-71(63-86-73(78)57-50-43-38-37-41-48-55-68(6)7)65-90-94(83,84)88-61-69(76)60-87-93(81,82)89-64-70(62-85-72(77)56-49-42-34-29-25-21-20-23-28-33-40-47-54-67(4)5)91-75(80)59-52-45-36-31-26-19-17-15-16-18-22-27-32-39-46-53-66(2)3/h66-71,76H,8-65H2,1-7H3,(H,81,82)(H,83,84)/t69-,70-,71-/m1/s1. The maximum absolute atomic E-state index is 13.1. The Bertz CT molecular complexity index is 1840. The molecule has 0 aromatic rings. The second kappa shape index (κ2) is 65.7. The fourth-order valence-electron chi connectivity index (χ4n) is 11.4. The van der Waals surface area contributed by atoms with E-state index in [-0.39, 0.29) is 25.7 Å². The molecule has 3 N–H and O–H groups in total. The molecule has 0 amide bonds. The zero-order chi connectivity index (χ0) is 69.4. The molecule has 2 unspecified atom stereocenters. The van der Waals surface area contributed by atoms with Crippen LogP contribution in [-0.2, 0) is 65.4 Å². The molecule has 0 saturated carbocycles. The molecule has 0 radical (unpaired) electrons. The highest BCUT2D eigenvalue weighted by Gasteiger charge is 2.30. The van der Waals surface area contributed by atoms with Gasteiger partial charge in [0.25, 0.3) is 0 Å². The Hall–Kier alpha value is -1.94. The molecule has 0 aliphatic carbocycles. The van der Waals surface area contributed by atoms with Crippen molar-refractivity contribution in [3.05, 3.63) is 0 Å². The number of aliphatic hydroxyl groups excluding tert-OH is 1. The number of unbranched alkanes of at least 4 members (excludes halogenated alkanes) is 41. The van der Waals surface area contributed by atoms with E-state index in [9.17, 15) is 43.2 Å². The molecule has 0 aromatic heterocycles. The second-order valence-corrected chi connectivity index (χ2v) is 31.4. The first kappa shape index (κ1) is 92.1. The molecule has 0 bridgehead atoms. The van der Waals surface area contributed by atoms with Crippen molar-refractivity contribution in [3.8, 4) is 0 Å². The van der Waals surface area contributed by atoms with Crippen LogP contribution in [0.4, 0.5) is 0 Å². The van der Waals surface area contributed by atoms with Crippen LogP contribution < -0.4 is 0 Å². The fraction of sp³-hybridized carbons (Fsp3) is 0.947. The highest BCUT2D eigenvalue weighted by molar-refractivity contribution is 7.47. The van der Waals surface area contributed by atoms with E-state index >= 15 is 0 Å². The third kappa shape index (κ3) is 68.6. The summed E-state index contributed by atoms with van der Waals surface area (Å²) >= 11 is 0. The largest absolute Gasteiger partial charge is 0.472 e. The smallest absolute Gasteiger partial charge is 0.462 e. The number of phosphoric acid groups is 2. The molecule has 0 spiro atoms. The van der Waals surface area contributed by atoms with Gasteiger partial charge < -0.3 is 33.8 Å². The molecule has 0 aromatic carbocycles. The van der Waals surface area contributed by atoms with Gasteiger partial charge >= 0.3 is 39.5 Å². The van der Waals surface area contributed by atoms with Crippen molar-refractivity contribution in [2.24, 2.45) is 17.8 Å². The molecule has 0 fully saturated rings. The van der Waals surface area contributed by atoms with Crippen LogP contribution in [-0.4, -0.2) is 96.7 Å². The first-order chi connectivity index (χ1) is 45.2. The van der Waals surface area contributed by atoms with Gasteiger partial charge in [0.2, 0.25) is 0 Å². The van der Waals surface area contributed by atoms with Crippen molar-refractivity contribution in [1.29, 1.82) is 0 Å². The Kier molecular flexibility index (Phi) is 64.3. The molecule has 0 heterocycles. The summed E-state index contributed by atoms with van der Waals surface area (Å²) in [5.41, 5.74) is 0. The maximum atomic E-state index is 13.1. The van der Waals surface area contributed by atoms with E-state index in [4.69, 9.17) is 37.0 Å². The van der Waals surface area contributed by atoms with Gasteiger partial charge in [-0.05, 0) is 43.4 Å². The Morgan fingerprint density at radius 1 is 0.287 bits per heavy atom. The summed E-state index contributed by atoms with van der Waals surface area (Å²) in [6.07, 6.45) is 51.4. The van der Waals surface area contributed by atoms with Crippen molar-refractivity contribution < 1.29 is 80.2 Å². The maximum Gasteiger partial charge on any atom is 0.472 e. The van der Waals surface area contributed by atoms with Crippen LogP contribution in [0.1, 0.15) is 382 Å². The monoisotopic (exact) mass is 1380 g/mol. The third-order valence-corrected chi connectivity index (χ3v) is 19.3. The second-order valence-electron chi connectivity index (χ2n) is 28.5. The Morgan fingerprint density at radius 2 is 0.489 bits per heavy atom. The van der Waals surface area contributed by atoms with Crippen molar-refractivity contribution in [1.82, 2.24) is 0 Å². The Balaban J connectivity index is 5.23. The number of phosphoric ester groups is 2. The highest BCUT2D eigenvalue weighted by atomic mass is 31.2. The molecule has 0 aliphatic heterocycles. The van der Waals surface area contributed by atoms with Crippen LogP contribution >= 0.6 is 15.6 Å². The number of hydrogen-bond acceptors (Lipinski definition) is 15. The normalized spacial score (nSPS) is 14.1. The molecule has 5 atom stereocenters. The molecule has 17 nitrogen and oxygen atoms in total. The van der Waals surface area contributed by atoms with Crippen LogP contribution in [0.25, 0.3) is 0 Å². The van der Waals surface area contributed by atoms with Crippen molar-refractivity contribution in [2.45, 2.75) is 401 Å². The molecule has 0 aliphatic rings. The minimum absolute atomic E-state index is 0.106. The number of aliphatic hydroxyl groups is 1. The third-order valence-electron chi connectivity index (χ3n) is 17.4. The van der Waals surface area contributed by atoms with E-state index in [0.717, 1.165) is 108 Å². The van der Waals surface area contributed by atoms with E-state index in [0.29, 0.717) is 31.6 Å². The minimum Gasteiger partial charge on any atom is -0.462 e. The van der Waals surface area contributed by atoms with Gasteiger partial charge in [0, 0.05) is 25.7 Å². The quantitative estimate of drug-likeness (QED) is 0.0222. The summed E-state index contributed by atoms with van der Waals surface area (Å²) in [7, 11) is -9.91. The Labute approximate surface area is 575 Å². The van der Waals surface area contributed by atoms with E-state index in [1.165, 1.54) is 186 Å². The lowest BCUT2D eigenvalue weighted by molar-refractivity contribution is -0.161. The lowest BCUT2D eigenvalue weighted by Crippen LogP contribution is -2.30. The zero-order valence-electron chi connectivity index (χ0n) is 61.4. The van der Waals surface area contributed by atoms with Crippen LogP contribution in [0.3, 0.4) is 0 Å². The van der Waals surface area contributed by atoms with Crippen molar-refractivity contribution >= 4 is 39.5 Å². The van der Waals surface area contributed by atoms with Gasteiger partial charge in [0.05, 0.1) is 26.4 Å². The number of hydrogen-bond donors (Lipinski definition) is 3. The van der Waals surface area contributed by atoms with Crippen molar-refractivity contribution in [2.75, 3.05) is 39.6 Å². The number of carbonyl (C=O) groups is 4. The van der Waals surface area contributed by atoms with Gasteiger partial charge in [-0.15, -0.1) is 0 Å². The predicted molar refractivity (Wildman–Crippen MR) is 381 cm³/mol. The van der Waals surface area contributed by atoms with Crippen LogP contribution in [0, 0.1) is 17.8 Å². The van der Waals surface area contributed by atoms with E-state index in [1.54, 1.807) is 0 Å². The summed E-state index contributed by atoms with van der Waals surface area (Å²) in [6.45, 7) is 11.8. The molecule has 0 saturated heterocycles. The average molecular weight is 1380 g/mol. The minimum atomic E-state index is -4.96. The van der Waals surface area contributed by atoms with Gasteiger partial charge in [0.15, 0.2) is 12.2 Å². The molecule has 0 rings (SSSR count). The molecular weight excluding hydrogens is 1230 g/mol. The zero-order valence-corrected chi connectivity index (χ0v) is 63.2. The van der Waals surface area contributed by atoms with Gasteiger partial charge in [-0.2, -0.15) is 0 Å². The van der Waals surface area contributed by atoms with Crippen molar-refractivity contribution in [3.63, 3.8) is 0 Å².